The molecule has 1 aliphatic heterocycles. The number of fused-ring (bicyclic) bond motifs is 1. The molecule has 1 heterocycles. The standard InChI is InChI=1S/C15H24N2O/c1-12(2)17(9-10-18)15-7-8-16-11-13-5-3-4-6-14(13)15/h3-6,12,15-16,18H,7-11H2,1-2H3. The topological polar surface area (TPSA) is 35.5 Å². The average Bonchev–Trinajstić information content (AvgIpc) is 2.58. The number of aliphatic hydroxyl groups is 1. The SMILES string of the molecule is CC(C)N(CCO)C1CCNCc2ccccc21. The van der Waals surface area contributed by atoms with Crippen molar-refractivity contribution in [3.8, 4) is 0 Å². The van der Waals surface area contributed by atoms with Crippen molar-refractivity contribution in [2.45, 2.75) is 38.9 Å². The first-order valence-electron chi connectivity index (χ1n) is 6.89. The van der Waals surface area contributed by atoms with Crippen molar-refractivity contribution in [3.05, 3.63) is 35.4 Å². The first kappa shape index (κ1) is 13.5. The van der Waals surface area contributed by atoms with Gasteiger partial charge in [-0.05, 0) is 37.9 Å². The minimum Gasteiger partial charge on any atom is -0.395 e. The molecule has 2 rings (SSSR count). The zero-order valence-corrected chi connectivity index (χ0v) is 11.4. The van der Waals surface area contributed by atoms with Crippen LogP contribution in [0.5, 0.6) is 0 Å². The van der Waals surface area contributed by atoms with E-state index in [4.69, 9.17) is 0 Å². The number of aliphatic hydroxyl groups excluding tert-OH is 1. The Labute approximate surface area is 110 Å². The third-order valence-electron chi connectivity index (χ3n) is 3.75. The maximum absolute atomic E-state index is 9.28. The third-order valence-corrected chi connectivity index (χ3v) is 3.75. The molecule has 1 aromatic rings. The second-order valence-corrected chi connectivity index (χ2v) is 5.24. The van der Waals surface area contributed by atoms with Gasteiger partial charge in [0.25, 0.3) is 0 Å². The molecule has 0 fully saturated rings. The predicted molar refractivity (Wildman–Crippen MR) is 74.4 cm³/mol. The van der Waals surface area contributed by atoms with Gasteiger partial charge in [0.2, 0.25) is 0 Å². The summed E-state index contributed by atoms with van der Waals surface area (Å²) in [6.07, 6.45) is 1.11. The Kier molecular flexibility index (Phi) is 4.75. The van der Waals surface area contributed by atoms with Gasteiger partial charge in [-0.2, -0.15) is 0 Å². The van der Waals surface area contributed by atoms with Crippen LogP contribution >= 0.6 is 0 Å². The summed E-state index contributed by atoms with van der Waals surface area (Å²) in [6.45, 7) is 7.37. The summed E-state index contributed by atoms with van der Waals surface area (Å²) in [7, 11) is 0. The Bertz CT molecular complexity index is 379. The Balaban J connectivity index is 2.30. The lowest BCUT2D eigenvalue weighted by atomic mass is 9.97. The number of rotatable bonds is 4. The first-order chi connectivity index (χ1) is 8.74. The molecule has 1 aliphatic rings. The van der Waals surface area contributed by atoms with E-state index in [1.807, 2.05) is 0 Å². The van der Waals surface area contributed by atoms with Crippen LogP contribution < -0.4 is 5.32 Å². The Morgan fingerprint density at radius 3 is 2.89 bits per heavy atom. The van der Waals surface area contributed by atoms with Crippen LogP contribution in [0.3, 0.4) is 0 Å². The molecule has 1 aromatic carbocycles. The molecule has 1 atom stereocenters. The normalized spacial score (nSPS) is 19.9. The molecule has 18 heavy (non-hydrogen) atoms. The number of hydrogen-bond donors (Lipinski definition) is 2. The summed E-state index contributed by atoms with van der Waals surface area (Å²) in [5.41, 5.74) is 2.81. The maximum Gasteiger partial charge on any atom is 0.0558 e. The molecule has 0 bridgehead atoms. The molecule has 1 unspecified atom stereocenters. The monoisotopic (exact) mass is 248 g/mol. The summed E-state index contributed by atoms with van der Waals surface area (Å²) in [5.74, 6) is 0. The smallest absolute Gasteiger partial charge is 0.0558 e. The van der Waals surface area contributed by atoms with E-state index >= 15 is 0 Å². The summed E-state index contributed by atoms with van der Waals surface area (Å²) < 4.78 is 0. The van der Waals surface area contributed by atoms with Crippen molar-refractivity contribution >= 4 is 0 Å². The summed E-state index contributed by atoms with van der Waals surface area (Å²) in [4.78, 5) is 2.41. The number of nitrogens with one attached hydrogen (secondary N) is 1. The van der Waals surface area contributed by atoms with Gasteiger partial charge in [-0.1, -0.05) is 24.3 Å². The Morgan fingerprint density at radius 2 is 2.17 bits per heavy atom. The molecule has 100 valence electrons. The van der Waals surface area contributed by atoms with E-state index in [1.54, 1.807) is 0 Å². The van der Waals surface area contributed by atoms with Crippen molar-refractivity contribution in [1.29, 1.82) is 0 Å². The van der Waals surface area contributed by atoms with Gasteiger partial charge in [-0.25, -0.2) is 0 Å². The average molecular weight is 248 g/mol. The molecular weight excluding hydrogens is 224 g/mol. The van der Waals surface area contributed by atoms with E-state index in [2.05, 4.69) is 48.3 Å². The molecule has 0 radical (unpaired) electrons. The zero-order chi connectivity index (χ0) is 13.0. The lowest BCUT2D eigenvalue weighted by Crippen LogP contribution is -2.37. The molecule has 2 N–H and O–H groups in total. The molecule has 0 amide bonds. The fourth-order valence-electron chi connectivity index (χ4n) is 2.87. The van der Waals surface area contributed by atoms with E-state index in [-0.39, 0.29) is 6.61 Å². The van der Waals surface area contributed by atoms with Gasteiger partial charge in [0.1, 0.15) is 0 Å². The van der Waals surface area contributed by atoms with E-state index in [0.717, 1.165) is 26.1 Å². The highest BCUT2D eigenvalue weighted by Crippen LogP contribution is 2.30. The fourth-order valence-corrected chi connectivity index (χ4v) is 2.87. The number of nitrogens with zero attached hydrogens (tertiary/aromatic N) is 1. The number of benzene rings is 1. The number of hydrogen-bond acceptors (Lipinski definition) is 3. The largest absolute Gasteiger partial charge is 0.395 e. The second-order valence-electron chi connectivity index (χ2n) is 5.24. The van der Waals surface area contributed by atoms with E-state index in [9.17, 15) is 5.11 Å². The van der Waals surface area contributed by atoms with E-state index in [1.165, 1.54) is 11.1 Å². The van der Waals surface area contributed by atoms with E-state index in [0.29, 0.717) is 12.1 Å². The van der Waals surface area contributed by atoms with E-state index < -0.39 is 0 Å². The lowest BCUT2D eigenvalue weighted by molar-refractivity contribution is 0.113. The van der Waals surface area contributed by atoms with Crippen LogP contribution in [0.2, 0.25) is 0 Å². The summed E-state index contributed by atoms with van der Waals surface area (Å²) >= 11 is 0. The highest BCUT2D eigenvalue weighted by molar-refractivity contribution is 5.31. The zero-order valence-electron chi connectivity index (χ0n) is 11.4. The van der Waals surface area contributed by atoms with Crippen molar-refractivity contribution in [3.63, 3.8) is 0 Å². The van der Waals surface area contributed by atoms with Gasteiger partial charge in [0, 0.05) is 25.2 Å². The quantitative estimate of drug-likeness (QED) is 0.854. The minimum absolute atomic E-state index is 0.226. The van der Waals surface area contributed by atoms with Crippen LogP contribution in [-0.4, -0.2) is 35.7 Å². The second kappa shape index (κ2) is 6.32. The van der Waals surface area contributed by atoms with Crippen molar-refractivity contribution in [2.75, 3.05) is 19.7 Å². The highest BCUT2D eigenvalue weighted by atomic mass is 16.3. The molecule has 0 saturated carbocycles. The Morgan fingerprint density at radius 1 is 1.39 bits per heavy atom. The molecule has 0 aliphatic carbocycles. The van der Waals surface area contributed by atoms with Gasteiger partial charge in [-0.15, -0.1) is 0 Å². The van der Waals surface area contributed by atoms with Crippen molar-refractivity contribution in [2.24, 2.45) is 0 Å². The van der Waals surface area contributed by atoms with Gasteiger partial charge >= 0.3 is 0 Å². The first-order valence-corrected chi connectivity index (χ1v) is 6.89. The molecule has 0 aromatic heterocycles. The summed E-state index contributed by atoms with van der Waals surface area (Å²) in [6, 6.07) is 9.54. The van der Waals surface area contributed by atoms with Crippen LogP contribution in [0.25, 0.3) is 0 Å². The maximum atomic E-state index is 9.28. The minimum atomic E-state index is 0.226. The van der Waals surface area contributed by atoms with Gasteiger partial charge in [-0.3, -0.25) is 4.90 Å². The highest BCUT2D eigenvalue weighted by Gasteiger charge is 2.25. The third kappa shape index (κ3) is 2.91. The Hall–Kier alpha value is -0.900. The molecule has 3 nitrogen and oxygen atoms in total. The molecule has 0 spiro atoms. The van der Waals surface area contributed by atoms with Crippen molar-refractivity contribution in [1.82, 2.24) is 10.2 Å². The van der Waals surface area contributed by atoms with Crippen LogP contribution in [0.15, 0.2) is 24.3 Å². The lowest BCUT2D eigenvalue weighted by Gasteiger charge is -2.35. The van der Waals surface area contributed by atoms with Crippen LogP contribution in [0, 0.1) is 0 Å². The van der Waals surface area contributed by atoms with Crippen molar-refractivity contribution < 1.29 is 5.11 Å². The molecule has 0 saturated heterocycles. The van der Waals surface area contributed by atoms with Gasteiger partial charge in [0.15, 0.2) is 0 Å². The molecule has 3 heteroatoms. The van der Waals surface area contributed by atoms with Crippen LogP contribution in [0.4, 0.5) is 0 Å². The van der Waals surface area contributed by atoms with Gasteiger partial charge in [0.05, 0.1) is 6.61 Å². The summed E-state index contributed by atoms with van der Waals surface area (Å²) in [5, 5.41) is 12.8. The predicted octanol–water partition coefficient (Wildman–Crippen LogP) is 1.92. The fraction of sp³-hybridized carbons (Fsp3) is 0.600. The van der Waals surface area contributed by atoms with Crippen LogP contribution in [-0.2, 0) is 6.54 Å². The van der Waals surface area contributed by atoms with Gasteiger partial charge < -0.3 is 10.4 Å². The van der Waals surface area contributed by atoms with Crippen LogP contribution in [0.1, 0.15) is 37.4 Å². The molecular formula is C15H24N2O.